The minimum atomic E-state index is -0.292. The number of hydrogen-bond acceptors (Lipinski definition) is 1. The second-order valence-electron chi connectivity index (χ2n) is 11.3. The molecule has 2 nitrogen and oxygen atoms in total. The highest BCUT2D eigenvalue weighted by molar-refractivity contribution is 4.62. The zero-order chi connectivity index (χ0) is 24.4. The molecule has 0 aromatic rings. The lowest BCUT2D eigenvalue weighted by atomic mass is 9.99. The maximum absolute atomic E-state index is 12.0. The van der Waals surface area contributed by atoms with E-state index in [1.807, 2.05) is 0 Å². The first-order valence-corrected chi connectivity index (χ1v) is 15.9. The van der Waals surface area contributed by atoms with Gasteiger partial charge < -0.3 is 4.74 Å². The molecule has 0 amide bonds. The summed E-state index contributed by atoms with van der Waals surface area (Å²) in [5.74, 6) is 0. The molecular formula is C32H62O2. The number of hydrogen-bond donors (Lipinski definition) is 0. The van der Waals surface area contributed by atoms with Gasteiger partial charge in [-0.25, -0.2) is 5.11 Å². The Morgan fingerprint density at radius 3 is 1.26 bits per heavy atom. The van der Waals surface area contributed by atoms with Crippen molar-refractivity contribution in [2.45, 2.75) is 192 Å². The molecule has 34 heavy (non-hydrogen) atoms. The van der Waals surface area contributed by atoms with E-state index in [4.69, 9.17) is 4.74 Å². The maximum atomic E-state index is 12.0. The van der Waals surface area contributed by atoms with Crippen molar-refractivity contribution in [2.24, 2.45) is 0 Å². The Labute approximate surface area is 215 Å². The van der Waals surface area contributed by atoms with Gasteiger partial charge in [0.15, 0.2) is 0 Å². The second kappa shape index (κ2) is 26.0. The Kier molecular flexibility index (Phi) is 24.4. The van der Waals surface area contributed by atoms with Gasteiger partial charge in [0.05, 0.1) is 12.2 Å². The Bertz CT molecular complexity index is 363. The largest absolute Gasteiger partial charge is 0.378 e. The van der Waals surface area contributed by atoms with Crippen molar-refractivity contribution >= 4 is 0 Å². The van der Waals surface area contributed by atoms with Crippen LogP contribution in [0, 0.1) is 6.92 Å². The normalized spacial score (nSPS) is 22.8. The van der Waals surface area contributed by atoms with Crippen LogP contribution in [0.15, 0.2) is 0 Å². The molecule has 1 rings (SSSR count). The highest BCUT2D eigenvalue weighted by atomic mass is 16.5. The highest BCUT2D eigenvalue weighted by Gasteiger charge is 2.10. The highest BCUT2D eigenvalue weighted by Crippen LogP contribution is 2.20. The minimum absolute atomic E-state index is 0.292. The monoisotopic (exact) mass is 478 g/mol. The number of rotatable bonds is 14. The van der Waals surface area contributed by atoms with E-state index < -0.39 is 0 Å². The van der Waals surface area contributed by atoms with E-state index >= 15 is 0 Å². The quantitative estimate of drug-likeness (QED) is 0.228. The van der Waals surface area contributed by atoms with E-state index in [-0.39, 0.29) is 6.10 Å². The van der Waals surface area contributed by atoms with Gasteiger partial charge in [-0.05, 0) is 32.1 Å². The van der Waals surface area contributed by atoms with Crippen molar-refractivity contribution in [3.63, 3.8) is 0 Å². The summed E-state index contributed by atoms with van der Waals surface area (Å²) >= 11 is 0. The summed E-state index contributed by atoms with van der Waals surface area (Å²) in [5.41, 5.74) is 0. The molecule has 1 aliphatic rings. The maximum Gasteiger partial charge on any atom is 0.0930 e. The number of ether oxygens (including phenoxy) is 1. The van der Waals surface area contributed by atoms with Crippen molar-refractivity contribution in [2.75, 3.05) is 6.61 Å². The summed E-state index contributed by atoms with van der Waals surface area (Å²) in [4.78, 5) is 0. The van der Waals surface area contributed by atoms with Crippen molar-refractivity contribution in [3.8, 4) is 0 Å². The summed E-state index contributed by atoms with van der Waals surface area (Å²) in [7, 11) is 0. The van der Waals surface area contributed by atoms with E-state index in [9.17, 15) is 5.11 Å². The van der Waals surface area contributed by atoms with E-state index in [1.54, 1.807) is 0 Å². The van der Waals surface area contributed by atoms with Crippen molar-refractivity contribution in [1.29, 1.82) is 0 Å². The summed E-state index contributed by atoms with van der Waals surface area (Å²) in [6.07, 6.45) is 36.4. The smallest absolute Gasteiger partial charge is 0.0930 e. The van der Waals surface area contributed by atoms with Gasteiger partial charge in [0, 0.05) is 6.61 Å². The second-order valence-corrected chi connectivity index (χ2v) is 11.3. The van der Waals surface area contributed by atoms with Crippen LogP contribution in [-0.4, -0.2) is 18.8 Å². The molecule has 0 aromatic carbocycles. The van der Waals surface area contributed by atoms with Crippen LogP contribution in [0.25, 0.3) is 0 Å². The third-order valence-electron chi connectivity index (χ3n) is 7.85. The summed E-state index contributed by atoms with van der Waals surface area (Å²) < 4.78 is 6.39. The first-order chi connectivity index (χ1) is 16.8. The fraction of sp³-hybridized carbons (Fsp3) is 0.969. The molecule has 1 aliphatic carbocycles. The zero-order valence-electron chi connectivity index (χ0n) is 23.2. The van der Waals surface area contributed by atoms with Gasteiger partial charge in [-0.15, -0.1) is 0 Å². The van der Waals surface area contributed by atoms with Gasteiger partial charge in [-0.2, -0.15) is 0 Å². The van der Waals surface area contributed by atoms with Crippen molar-refractivity contribution in [3.05, 3.63) is 6.92 Å². The lowest BCUT2D eigenvalue weighted by molar-refractivity contribution is 0.0356. The fourth-order valence-corrected chi connectivity index (χ4v) is 5.48. The van der Waals surface area contributed by atoms with Crippen LogP contribution in [0.2, 0.25) is 0 Å². The van der Waals surface area contributed by atoms with E-state index in [2.05, 4.69) is 6.92 Å². The van der Waals surface area contributed by atoms with Gasteiger partial charge in [0.1, 0.15) is 0 Å². The molecule has 0 aromatic heterocycles. The minimum Gasteiger partial charge on any atom is -0.378 e. The predicted octanol–water partition coefficient (Wildman–Crippen LogP) is 10.9. The van der Waals surface area contributed by atoms with Crippen LogP contribution in [-0.2, 0) is 9.84 Å². The van der Waals surface area contributed by atoms with E-state index in [1.165, 1.54) is 148 Å². The molecule has 0 unspecified atom stereocenters. The van der Waals surface area contributed by atoms with Gasteiger partial charge in [-0.1, -0.05) is 155 Å². The molecule has 2 radical (unpaired) electrons. The Hall–Kier alpha value is -0.0800. The molecule has 202 valence electrons. The van der Waals surface area contributed by atoms with Crippen LogP contribution < -0.4 is 0 Å². The molecule has 0 bridgehead atoms. The molecule has 0 N–H and O–H groups in total. The van der Waals surface area contributed by atoms with E-state index in [0.717, 1.165) is 38.7 Å². The topological polar surface area (TPSA) is 29.1 Å². The molecule has 1 fully saturated rings. The first kappa shape index (κ1) is 31.9. The third kappa shape index (κ3) is 22.4. The molecule has 2 heteroatoms. The number of unbranched alkanes of at least 4 members (excludes halogenated alkanes) is 11. The standard InChI is InChI=1S/C32H62O2/c1-2-3-4-5-6-7-8-9-10-15-20-25-30-34-32-28-23-18-13-11-16-21-26-31(33)27-22-17-12-14-19-24-29-32/h31-32H,1-30H2. The van der Waals surface area contributed by atoms with Crippen molar-refractivity contribution < 1.29 is 9.84 Å². The molecule has 0 aliphatic heterocycles. The molecule has 0 heterocycles. The first-order valence-electron chi connectivity index (χ1n) is 15.9. The SMILES string of the molecule is [CH2]CCCCCCCCCCCCCOC1CCCCCCCCC([O])CCCCCCCC1. The van der Waals surface area contributed by atoms with Gasteiger partial charge in [0.25, 0.3) is 0 Å². The fourth-order valence-electron chi connectivity index (χ4n) is 5.48. The average molecular weight is 479 g/mol. The molecule has 0 saturated heterocycles. The Morgan fingerprint density at radius 1 is 0.471 bits per heavy atom. The molecular weight excluding hydrogens is 416 g/mol. The molecule has 1 saturated carbocycles. The van der Waals surface area contributed by atoms with Crippen LogP contribution in [0.3, 0.4) is 0 Å². The zero-order valence-corrected chi connectivity index (χ0v) is 23.2. The van der Waals surface area contributed by atoms with Gasteiger partial charge >= 0.3 is 0 Å². The van der Waals surface area contributed by atoms with Crippen molar-refractivity contribution in [1.82, 2.24) is 0 Å². The average Bonchev–Trinajstić information content (AvgIpc) is 2.84. The van der Waals surface area contributed by atoms with Gasteiger partial charge in [0.2, 0.25) is 0 Å². The lowest BCUT2D eigenvalue weighted by Crippen LogP contribution is -2.14. The summed E-state index contributed by atoms with van der Waals surface area (Å²) in [5, 5.41) is 12.0. The van der Waals surface area contributed by atoms with Gasteiger partial charge in [-0.3, -0.25) is 0 Å². The molecule has 0 spiro atoms. The van der Waals surface area contributed by atoms with E-state index in [0.29, 0.717) is 6.10 Å². The lowest BCUT2D eigenvalue weighted by Gasteiger charge is -2.18. The molecule has 0 atom stereocenters. The van der Waals surface area contributed by atoms with Crippen LogP contribution in [0.5, 0.6) is 0 Å². The third-order valence-corrected chi connectivity index (χ3v) is 7.85. The summed E-state index contributed by atoms with van der Waals surface area (Å²) in [6, 6.07) is 0. The van der Waals surface area contributed by atoms with Crippen LogP contribution >= 0.6 is 0 Å². The van der Waals surface area contributed by atoms with Crippen LogP contribution in [0.4, 0.5) is 0 Å². The van der Waals surface area contributed by atoms with Crippen LogP contribution in [0.1, 0.15) is 180 Å². The predicted molar refractivity (Wildman–Crippen MR) is 149 cm³/mol. The Balaban J connectivity index is 2.07. The summed E-state index contributed by atoms with van der Waals surface area (Å²) in [6.45, 7) is 4.90. The Morgan fingerprint density at radius 2 is 0.824 bits per heavy atom.